The van der Waals surface area contributed by atoms with Crippen LogP contribution in [0, 0.1) is 5.82 Å². The van der Waals surface area contributed by atoms with Crippen LogP contribution in [0.5, 0.6) is 0 Å². The predicted molar refractivity (Wildman–Crippen MR) is 92.8 cm³/mol. The standard InChI is InChI=1S/C17H18BrFN2O3/c1-3-24-17(22)12-8-20-15-7-14(19)13(18)6-11(15)16(12)21-9-4-10(5-9)23-2/h6-10H,3-5H2,1-2H3,(H,20,21). The van der Waals surface area contributed by atoms with Crippen molar-refractivity contribution in [3.63, 3.8) is 0 Å². The quantitative estimate of drug-likeness (QED) is 0.776. The lowest BCUT2D eigenvalue weighted by Gasteiger charge is -2.36. The van der Waals surface area contributed by atoms with Crippen molar-refractivity contribution in [2.75, 3.05) is 19.0 Å². The van der Waals surface area contributed by atoms with E-state index >= 15 is 0 Å². The molecule has 0 amide bonds. The Labute approximate surface area is 147 Å². The normalized spacial score (nSPS) is 19.8. The third kappa shape index (κ3) is 3.23. The summed E-state index contributed by atoms with van der Waals surface area (Å²) in [7, 11) is 1.69. The minimum atomic E-state index is -0.447. The molecule has 7 heteroatoms. The third-order valence-electron chi connectivity index (χ3n) is 4.18. The summed E-state index contributed by atoms with van der Waals surface area (Å²) in [6, 6.07) is 3.17. The molecule has 0 radical (unpaired) electrons. The fourth-order valence-electron chi connectivity index (χ4n) is 2.79. The zero-order chi connectivity index (χ0) is 17.3. The number of hydrogen-bond acceptors (Lipinski definition) is 5. The van der Waals surface area contributed by atoms with E-state index < -0.39 is 11.8 Å². The highest BCUT2D eigenvalue weighted by Gasteiger charge is 2.30. The van der Waals surface area contributed by atoms with E-state index in [1.54, 1.807) is 20.1 Å². The summed E-state index contributed by atoms with van der Waals surface area (Å²) in [5.74, 6) is -0.842. The van der Waals surface area contributed by atoms with Crippen molar-refractivity contribution in [3.8, 4) is 0 Å². The molecule has 1 fully saturated rings. The number of esters is 1. The number of nitrogens with one attached hydrogen (secondary N) is 1. The minimum absolute atomic E-state index is 0.192. The van der Waals surface area contributed by atoms with Crippen LogP contribution < -0.4 is 5.32 Å². The maximum atomic E-state index is 13.8. The Hall–Kier alpha value is -1.73. The molecule has 1 saturated carbocycles. The van der Waals surface area contributed by atoms with Gasteiger partial charge in [-0.1, -0.05) is 0 Å². The summed E-state index contributed by atoms with van der Waals surface area (Å²) in [5, 5.41) is 4.05. The lowest BCUT2D eigenvalue weighted by molar-refractivity contribution is 0.0328. The first-order valence-electron chi connectivity index (χ1n) is 7.77. The van der Waals surface area contributed by atoms with Gasteiger partial charge in [0.25, 0.3) is 0 Å². The van der Waals surface area contributed by atoms with Gasteiger partial charge in [0.05, 0.1) is 28.4 Å². The highest BCUT2D eigenvalue weighted by atomic mass is 79.9. The third-order valence-corrected chi connectivity index (χ3v) is 4.79. The van der Waals surface area contributed by atoms with E-state index in [2.05, 4.69) is 26.2 Å². The van der Waals surface area contributed by atoms with E-state index in [0.29, 0.717) is 26.6 Å². The summed E-state index contributed by atoms with van der Waals surface area (Å²) in [5.41, 5.74) is 1.45. The van der Waals surface area contributed by atoms with Crippen molar-refractivity contribution in [1.29, 1.82) is 0 Å². The van der Waals surface area contributed by atoms with Gasteiger partial charge < -0.3 is 14.8 Å². The van der Waals surface area contributed by atoms with Crippen LogP contribution in [0.2, 0.25) is 0 Å². The number of methoxy groups -OCH3 is 1. The maximum absolute atomic E-state index is 13.8. The number of nitrogens with zero attached hydrogens (tertiary/aromatic N) is 1. The highest BCUT2D eigenvalue weighted by Crippen LogP contribution is 2.34. The summed E-state index contributed by atoms with van der Waals surface area (Å²) >= 11 is 3.19. The Balaban J connectivity index is 2.04. The number of aromatic nitrogens is 1. The molecule has 1 aromatic carbocycles. The van der Waals surface area contributed by atoms with Crippen molar-refractivity contribution < 1.29 is 18.7 Å². The Morgan fingerprint density at radius 1 is 1.46 bits per heavy atom. The number of anilines is 1. The fraction of sp³-hybridized carbons (Fsp3) is 0.412. The van der Waals surface area contributed by atoms with E-state index in [9.17, 15) is 9.18 Å². The first-order valence-corrected chi connectivity index (χ1v) is 8.57. The lowest BCUT2D eigenvalue weighted by atomic mass is 9.88. The Bertz CT molecular complexity index is 778. The van der Waals surface area contributed by atoms with Crippen LogP contribution in [0.3, 0.4) is 0 Å². The molecule has 0 atom stereocenters. The average molecular weight is 397 g/mol. The minimum Gasteiger partial charge on any atom is -0.462 e. The van der Waals surface area contributed by atoms with Gasteiger partial charge >= 0.3 is 5.97 Å². The van der Waals surface area contributed by atoms with Crippen molar-refractivity contribution in [2.45, 2.75) is 31.9 Å². The molecule has 1 N–H and O–H groups in total. The second-order valence-electron chi connectivity index (χ2n) is 5.72. The zero-order valence-corrected chi connectivity index (χ0v) is 15.0. The Kier molecular flexibility index (Phi) is 5.01. The van der Waals surface area contributed by atoms with E-state index in [4.69, 9.17) is 9.47 Å². The van der Waals surface area contributed by atoms with Crippen LogP contribution in [0.4, 0.5) is 10.1 Å². The first kappa shape index (κ1) is 17.1. The molecular weight excluding hydrogens is 379 g/mol. The Morgan fingerprint density at radius 2 is 2.21 bits per heavy atom. The number of fused-ring (bicyclic) bond motifs is 1. The molecule has 24 heavy (non-hydrogen) atoms. The molecule has 128 valence electrons. The number of benzene rings is 1. The molecule has 0 spiro atoms. The van der Waals surface area contributed by atoms with Gasteiger partial charge in [-0.15, -0.1) is 0 Å². The van der Waals surface area contributed by atoms with Gasteiger partial charge in [-0.2, -0.15) is 0 Å². The van der Waals surface area contributed by atoms with Gasteiger partial charge in [-0.25, -0.2) is 9.18 Å². The zero-order valence-electron chi connectivity index (χ0n) is 13.4. The second kappa shape index (κ2) is 7.03. The SMILES string of the molecule is CCOC(=O)c1cnc2cc(F)c(Br)cc2c1NC1CC(OC)C1. The van der Waals surface area contributed by atoms with Crippen LogP contribution in [0.15, 0.2) is 22.8 Å². The molecule has 1 aromatic heterocycles. The van der Waals surface area contributed by atoms with Gasteiger partial charge in [-0.3, -0.25) is 4.98 Å². The maximum Gasteiger partial charge on any atom is 0.341 e. The van der Waals surface area contributed by atoms with E-state index in [1.165, 1.54) is 12.3 Å². The molecule has 3 rings (SSSR count). The summed E-state index contributed by atoms with van der Waals surface area (Å²) in [6.45, 7) is 2.03. The number of pyridine rings is 1. The van der Waals surface area contributed by atoms with Crippen LogP contribution in [0.1, 0.15) is 30.1 Å². The van der Waals surface area contributed by atoms with E-state index in [1.807, 2.05) is 0 Å². The van der Waals surface area contributed by atoms with Crippen LogP contribution in [-0.4, -0.2) is 36.8 Å². The average Bonchev–Trinajstić information content (AvgIpc) is 2.51. The molecule has 0 bridgehead atoms. The number of carbonyl (C=O) groups excluding carboxylic acids is 1. The number of rotatable bonds is 5. The molecule has 1 aliphatic carbocycles. The molecule has 0 unspecified atom stereocenters. The van der Waals surface area contributed by atoms with Crippen molar-refractivity contribution in [2.24, 2.45) is 0 Å². The first-order chi connectivity index (χ1) is 11.5. The topological polar surface area (TPSA) is 60.5 Å². The van der Waals surface area contributed by atoms with Gasteiger partial charge in [0.15, 0.2) is 0 Å². The lowest BCUT2D eigenvalue weighted by Crippen LogP contribution is -2.40. The molecule has 2 aromatic rings. The van der Waals surface area contributed by atoms with Crippen LogP contribution >= 0.6 is 15.9 Å². The molecule has 0 saturated heterocycles. The monoisotopic (exact) mass is 396 g/mol. The van der Waals surface area contributed by atoms with Crippen LogP contribution in [0.25, 0.3) is 10.9 Å². The number of carbonyl (C=O) groups is 1. The predicted octanol–water partition coefficient (Wildman–Crippen LogP) is 3.90. The van der Waals surface area contributed by atoms with Crippen molar-refractivity contribution in [1.82, 2.24) is 4.98 Å². The van der Waals surface area contributed by atoms with Crippen LogP contribution in [-0.2, 0) is 9.47 Å². The van der Waals surface area contributed by atoms with Crippen molar-refractivity contribution in [3.05, 3.63) is 34.2 Å². The van der Waals surface area contributed by atoms with E-state index in [0.717, 1.165) is 12.8 Å². The summed E-state index contributed by atoms with van der Waals surface area (Å²) in [4.78, 5) is 16.5. The second-order valence-corrected chi connectivity index (χ2v) is 6.58. The largest absolute Gasteiger partial charge is 0.462 e. The van der Waals surface area contributed by atoms with Gasteiger partial charge in [0.1, 0.15) is 11.4 Å². The molecular formula is C17H18BrFN2O3. The molecule has 1 heterocycles. The molecule has 5 nitrogen and oxygen atoms in total. The highest BCUT2D eigenvalue weighted by molar-refractivity contribution is 9.10. The van der Waals surface area contributed by atoms with E-state index in [-0.39, 0.29) is 18.8 Å². The Morgan fingerprint density at radius 3 is 2.88 bits per heavy atom. The summed E-state index contributed by atoms with van der Waals surface area (Å²) in [6.07, 6.45) is 3.36. The molecule has 0 aliphatic heterocycles. The van der Waals surface area contributed by atoms with Gasteiger partial charge in [0, 0.05) is 30.8 Å². The van der Waals surface area contributed by atoms with Gasteiger partial charge in [0.2, 0.25) is 0 Å². The molecule has 1 aliphatic rings. The fourth-order valence-corrected chi connectivity index (χ4v) is 3.13. The number of halogens is 2. The smallest absolute Gasteiger partial charge is 0.341 e. The summed E-state index contributed by atoms with van der Waals surface area (Å²) < 4.78 is 24.5. The number of hydrogen-bond donors (Lipinski definition) is 1. The van der Waals surface area contributed by atoms with Crippen molar-refractivity contribution >= 4 is 38.5 Å². The van der Waals surface area contributed by atoms with Gasteiger partial charge in [-0.05, 0) is 41.8 Å². The number of ether oxygens (including phenoxy) is 2.